The predicted molar refractivity (Wildman–Crippen MR) is 89.6 cm³/mol. The first-order chi connectivity index (χ1) is 10.5. The van der Waals surface area contributed by atoms with Gasteiger partial charge in [0.1, 0.15) is 5.75 Å². The van der Waals surface area contributed by atoms with Gasteiger partial charge in [0.2, 0.25) is 5.44 Å². The molecule has 0 bridgehead atoms. The number of ether oxygens (including phenoxy) is 1. The smallest absolute Gasteiger partial charge is 0.303 e. The van der Waals surface area contributed by atoms with Gasteiger partial charge >= 0.3 is 10.1 Å². The van der Waals surface area contributed by atoms with Gasteiger partial charge in [0, 0.05) is 6.42 Å². The molecule has 0 saturated carbocycles. The van der Waals surface area contributed by atoms with Gasteiger partial charge in [-0.25, -0.2) is 0 Å². The normalized spacial score (nSPS) is 13.3. The van der Waals surface area contributed by atoms with Crippen LogP contribution in [0.1, 0.15) is 58.8 Å². The maximum absolute atomic E-state index is 11.6. The zero-order valence-electron chi connectivity index (χ0n) is 13.6. The molecule has 0 amide bonds. The molecule has 0 spiro atoms. The van der Waals surface area contributed by atoms with E-state index in [1.807, 2.05) is 6.07 Å². The van der Waals surface area contributed by atoms with Crippen molar-refractivity contribution in [1.29, 1.82) is 0 Å². The van der Waals surface area contributed by atoms with E-state index in [2.05, 4.69) is 13.8 Å². The molecule has 1 aromatic carbocycles. The molecule has 5 heteroatoms. The fourth-order valence-corrected chi connectivity index (χ4v) is 3.27. The third-order valence-corrected chi connectivity index (χ3v) is 4.75. The van der Waals surface area contributed by atoms with E-state index in [0.717, 1.165) is 38.5 Å². The third kappa shape index (κ3) is 7.27. The molecule has 0 aromatic heterocycles. The van der Waals surface area contributed by atoms with Gasteiger partial charge in [0.15, 0.2) is 0 Å². The minimum atomic E-state index is -4.23. The van der Waals surface area contributed by atoms with E-state index < -0.39 is 15.6 Å². The second-order valence-electron chi connectivity index (χ2n) is 5.76. The lowest BCUT2D eigenvalue weighted by Crippen LogP contribution is -2.29. The standard InChI is InChI=1S/C17H28O4S/c1-3-5-10-15(11-6-4-2)14-17(22(18,19)20)21-16-12-8-7-9-13-16/h7-9,12-13,15,17H,3-6,10-11,14H2,1-2H3,(H,18,19,20). The van der Waals surface area contributed by atoms with Gasteiger partial charge in [-0.05, 0) is 18.1 Å². The molecule has 0 aliphatic rings. The largest absolute Gasteiger partial charge is 0.472 e. The van der Waals surface area contributed by atoms with Crippen LogP contribution in [0, 0.1) is 5.92 Å². The summed E-state index contributed by atoms with van der Waals surface area (Å²) in [5.74, 6) is 0.727. The topological polar surface area (TPSA) is 63.6 Å². The second-order valence-corrected chi connectivity index (χ2v) is 7.32. The van der Waals surface area contributed by atoms with Crippen molar-refractivity contribution in [3.8, 4) is 5.75 Å². The number of hydrogen-bond acceptors (Lipinski definition) is 3. The number of rotatable bonds is 11. The van der Waals surface area contributed by atoms with E-state index in [0.29, 0.717) is 12.2 Å². The number of para-hydroxylation sites is 1. The molecule has 1 aromatic rings. The number of unbranched alkanes of at least 4 members (excludes halogenated alkanes) is 2. The van der Waals surface area contributed by atoms with Crippen LogP contribution in [0.5, 0.6) is 5.75 Å². The highest BCUT2D eigenvalue weighted by molar-refractivity contribution is 7.86. The zero-order valence-corrected chi connectivity index (χ0v) is 14.4. The van der Waals surface area contributed by atoms with Crippen LogP contribution in [0.3, 0.4) is 0 Å². The lowest BCUT2D eigenvalue weighted by molar-refractivity contribution is 0.210. The zero-order chi connectivity index (χ0) is 16.4. The molecule has 0 fully saturated rings. The molecular weight excluding hydrogens is 300 g/mol. The molecule has 0 saturated heterocycles. The van der Waals surface area contributed by atoms with Gasteiger partial charge in [-0.2, -0.15) is 8.42 Å². The number of benzene rings is 1. The Morgan fingerprint density at radius 1 is 1.05 bits per heavy atom. The van der Waals surface area contributed by atoms with Crippen LogP contribution in [0.4, 0.5) is 0 Å². The summed E-state index contributed by atoms with van der Waals surface area (Å²) in [6, 6.07) is 8.79. The van der Waals surface area contributed by atoms with Crippen molar-refractivity contribution in [2.24, 2.45) is 5.92 Å². The summed E-state index contributed by atoms with van der Waals surface area (Å²) < 4.78 is 38.3. The van der Waals surface area contributed by atoms with Crippen molar-refractivity contribution in [2.45, 2.75) is 64.2 Å². The lowest BCUT2D eigenvalue weighted by atomic mass is 9.93. The van der Waals surface area contributed by atoms with Crippen molar-refractivity contribution in [2.75, 3.05) is 0 Å². The van der Waals surface area contributed by atoms with E-state index in [1.165, 1.54) is 0 Å². The van der Waals surface area contributed by atoms with Crippen LogP contribution in [-0.4, -0.2) is 18.4 Å². The van der Waals surface area contributed by atoms with Crippen LogP contribution in [0.15, 0.2) is 30.3 Å². The fraction of sp³-hybridized carbons (Fsp3) is 0.647. The van der Waals surface area contributed by atoms with E-state index in [9.17, 15) is 13.0 Å². The van der Waals surface area contributed by atoms with Crippen molar-refractivity contribution < 1.29 is 17.7 Å². The van der Waals surface area contributed by atoms with Crippen molar-refractivity contribution in [1.82, 2.24) is 0 Å². The van der Waals surface area contributed by atoms with Crippen LogP contribution in [-0.2, 0) is 10.1 Å². The molecule has 1 N–H and O–H groups in total. The SMILES string of the molecule is CCCCC(CCCC)CC(Oc1ccccc1)S(=O)(=O)O. The Morgan fingerprint density at radius 3 is 2.05 bits per heavy atom. The van der Waals surface area contributed by atoms with E-state index >= 15 is 0 Å². The Hall–Kier alpha value is -1.07. The van der Waals surface area contributed by atoms with E-state index in [1.54, 1.807) is 24.3 Å². The highest BCUT2D eigenvalue weighted by Gasteiger charge is 2.28. The minimum Gasteiger partial charge on any atom is -0.472 e. The average Bonchev–Trinajstić information content (AvgIpc) is 2.49. The summed E-state index contributed by atoms with van der Waals surface area (Å²) in [5, 5.41) is 0. The Bertz CT molecular complexity index is 491. The van der Waals surface area contributed by atoms with Gasteiger partial charge in [-0.1, -0.05) is 70.6 Å². The molecule has 0 aliphatic heterocycles. The summed E-state index contributed by atoms with van der Waals surface area (Å²) >= 11 is 0. The molecule has 1 unspecified atom stereocenters. The molecule has 1 rings (SSSR count). The van der Waals surface area contributed by atoms with Gasteiger partial charge in [0.25, 0.3) is 0 Å². The van der Waals surface area contributed by atoms with Crippen molar-refractivity contribution >= 4 is 10.1 Å². The molecule has 1 atom stereocenters. The summed E-state index contributed by atoms with van der Waals surface area (Å²) in [5.41, 5.74) is -1.19. The Kier molecular flexibility index (Phi) is 8.49. The predicted octanol–water partition coefficient (Wildman–Crippen LogP) is 4.67. The Labute approximate surface area is 134 Å². The molecule has 0 heterocycles. The third-order valence-electron chi connectivity index (χ3n) is 3.80. The molecule has 0 aliphatic carbocycles. The Morgan fingerprint density at radius 2 is 1.59 bits per heavy atom. The lowest BCUT2D eigenvalue weighted by Gasteiger charge is -2.22. The van der Waals surface area contributed by atoms with Crippen molar-refractivity contribution in [3.05, 3.63) is 30.3 Å². The van der Waals surface area contributed by atoms with E-state index in [4.69, 9.17) is 4.74 Å². The minimum absolute atomic E-state index is 0.260. The van der Waals surface area contributed by atoms with Crippen molar-refractivity contribution in [3.63, 3.8) is 0 Å². The number of hydrogen-bond donors (Lipinski definition) is 1. The second kappa shape index (κ2) is 9.85. The molecule has 22 heavy (non-hydrogen) atoms. The molecule has 4 nitrogen and oxygen atoms in total. The maximum atomic E-state index is 11.6. The highest BCUT2D eigenvalue weighted by Crippen LogP contribution is 2.25. The van der Waals surface area contributed by atoms with Crippen LogP contribution < -0.4 is 4.74 Å². The maximum Gasteiger partial charge on any atom is 0.303 e. The average molecular weight is 328 g/mol. The summed E-state index contributed by atoms with van der Waals surface area (Å²) in [6.07, 6.45) is 6.59. The van der Waals surface area contributed by atoms with Gasteiger partial charge in [-0.3, -0.25) is 4.55 Å². The monoisotopic (exact) mass is 328 g/mol. The molecule has 126 valence electrons. The molecule has 0 radical (unpaired) electrons. The Balaban J connectivity index is 2.77. The van der Waals surface area contributed by atoms with Gasteiger partial charge in [0.05, 0.1) is 0 Å². The van der Waals surface area contributed by atoms with E-state index in [-0.39, 0.29) is 5.92 Å². The summed E-state index contributed by atoms with van der Waals surface area (Å²) in [7, 11) is -4.23. The molecular formula is C17H28O4S. The highest BCUT2D eigenvalue weighted by atomic mass is 32.2. The first kappa shape index (κ1) is 19.0. The first-order valence-corrected chi connectivity index (χ1v) is 9.65. The van der Waals surface area contributed by atoms with Gasteiger partial charge < -0.3 is 4.74 Å². The first-order valence-electron chi connectivity index (χ1n) is 8.15. The fourth-order valence-electron chi connectivity index (χ4n) is 2.52. The van der Waals surface area contributed by atoms with Crippen LogP contribution >= 0.6 is 0 Å². The quantitative estimate of drug-likeness (QED) is 0.600. The summed E-state index contributed by atoms with van der Waals surface area (Å²) in [6.45, 7) is 4.25. The van der Waals surface area contributed by atoms with Crippen LogP contribution in [0.25, 0.3) is 0 Å². The van der Waals surface area contributed by atoms with Gasteiger partial charge in [-0.15, -0.1) is 0 Å². The summed E-state index contributed by atoms with van der Waals surface area (Å²) in [4.78, 5) is 0. The van der Waals surface area contributed by atoms with Crippen LogP contribution in [0.2, 0.25) is 0 Å².